The summed E-state index contributed by atoms with van der Waals surface area (Å²) < 4.78 is 0. The molecule has 17 heavy (non-hydrogen) atoms. The molecule has 0 fully saturated rings. The monoisotopic (exact) mass is 228 g/mol. The van der Waals surface area contributed by atoms with E-state index in [1.165, 1.54) is 5.57 Å². The van der Waals surface area contributed by atoms with Crippen molar-refractivity contribution >= 4 is 10.8 Å². The summed E-state index contributed by atoms with van der Waals surface area (Å²) in [5.74, 6) is 0.478. The second-order valence-electron chi connectivity index (χ2n) is 4.43. The number of hydrogen-bond donors (Lipinski definition) is 2. The summed E-state index contributed by atoms with van der Waals surface area (Å²) in [7, 11) is 0. The topological polar surface area (TPSA) is 40.5 Å². The van der Waals surface area contributed by atoms with E-state index in [4.69, 9.17) is 0 Å². The maximum Gasteiger partial charge on any atom is 0.127 e. The summed E-state index contributed by atoms with van der Waals surface area (Å²) in [5, 5.41) is 21.4. The molecular weight excluding hydrogens is 212 g/mol. The maximum atomic E-state index is 10.1. The van der Waals surface area contributed by atoms with Gasteiger partial charge in [0, 0.05) is 16.3 Å². The van der Waals surface area contributed by atoms with Gasteiger partial charge in [0.05, 0.1) is 0 Å². The molecule has 0 atom stereocenters. The lowest BCUT2D eigenvalue weighted by Gasteiger charge is -2.08. The Bertz CT molecular complexity index is 579. The Balaban J connectivity index is 2.59. The van der Waals surface area contributed by atoms with Crippen LogP contribution in [0, 0.1) is 0 Å². The molecule has 2 heteroatoms. The van der Waals surface area contributed by atoms with Gasteiger partial charge in [0.1, 0.15) is 11.5 Å². The van der Waals surface area contributed by atoms with Crippen LogP contribution in [0.5, 0.6) is 11.5 Å². The van der Waals surface area contributed by atoms with Crippen LogP contribution >= 0.6 is 0 Å². The van der Waals surface area contributed by atoms with Crippen LogP contribution in [-0.4, -0.2) is 10.2 Å². The Labute approximate surface area is 101 Å². The van der Waals surface area contributed by atoms with Gasteiger partial charge in [-0.25, -0.2) is 0 Å². The number of aromatic hydroxyl groups is 2. The normalized spacial score (nSPS) is 10.5. The molecule has 0 heterocycles. The molecule has 0 aromatic heterocycles. The van der Waals surface area contributed by atoms with E-state index in [1.807, 2.05) is 38.1 Å². The Morgan fingerprint density at radius 2 is 1.76 bits per heavy atom. The molecule has 2 aromatic rings. The fraction of sp³-hybridized carbons (Fsp3) is 0.200. The lowest BCUT2D eigenvalue weighted by atomic mass is 10.0. The van der Waals surface area contributed by atoms with Crippen LogP contribution in [0.15, 0.2) is 42.0 Å². The minimum Gasteiger partial charge on any atom is -0.507 e. The first-order chi connectivity index (χ1) is 8.09. The van der Waals surface area contributed by atoms with Gasteiger partial charge in [-0.3, -0.25) is 0 Å². The number of phenols is 2. The molecule has 0 saturated heterocycles. The molecular formula is C15H16O2. The van der Waals surface area contributed by atoms with Gasteiger partial charge >= 0.3 is 0 Å². The van der Waals surface area contributed by atoms with Crippen molar-refractivity contribution in [1.82, 2.24) is 0 Å². The molecule has 0 unspecified atom stereocenters. The highest BCUT2D eigenvalue weighted by atomic mass is 16.3. The standard InChI is InChI=1S/C15H16O2/c1-10(2)7-8-11-9-14(16)12-5-3-4-6-13(12)15(11)17/h3-7,9,16-17H,8H2,1-2H3. The minimum atomic E-state index is 0.218. The van der Waals surface area contributed by atoms with Gasteiger partial charge in [-0.05, 0) is 26.3 Å². The summed E-state index contributed by atoms with van der Waals surface area (Å²) in [6, 6.07) is 8.95. The summed E-state index contributed by atoms with van der Waals surface area (Å²) in [4.78, 5) is 0. The molecule has 0 spiro atoms. The van der Waals surface area contributed by atoms with Crippen LogP contribution in [0.4, 0.5) is 0 Å². The second kappa shape index (κ2) is 4.50. The van der Waals surface area contributed by atoms with Crippen LogP contribution in [0.25, 0.3) is 10.8 Å². The molecule has 0 bridgehead atoms. The lowest BCUT2D eigenvalue weighted by Crippen LogP contribution is -1.86. The molecule has 0 aliphatic rings. The molecule has 88 valence electrons. The van der Waals surface area contributed by atoms with Crippen molar-refractivity contribution < 1.29 is 10.2 Å². The zero-order chi connectivity index (χ0) is 12.4. The van der Waals surface area contributed by atoms with E-state index in [1.54, 1.807) is 12.1 Å². The van der Waals surface area contributed by atoms with E-state index in [9.17, 15) is 10.2 Å². The van der Waals surface area contributed by atoms with Crippen molar-refractivity contribution in [2.45, 2.75) is 20.3 Å². The maximum absolute atomic E-state index is 10.1. The summed E-state index contributed by atoms with van der Waals surface area (Å²) >= 11 is 0. The first-order valence-electron chi connectivity index (χ1n) is 5.65. The average Bonchev–Trinajstić information content (AvgIpc) is 2.32. The Morgan fingerprint density at radius 1 is 1.12 bits per heavy atom. The zero-order valence-electron chi connectivity index (χ0n) is 10.1. The zero-order valence-corrected chi connectivity index (χ0v) is 10.1. The fourth-order valence-electron chi connectivity index (χ4n) is 1.87. The van der Waals surface area contributed by atoms with Crippen molar-refractivity contribution in [2.75, 3.05) is 0 Å². The molecule has 0 amide bonds. The van der Waals surface area contributed by atoms with Gasteiger partial charge in [-0.2, -0.15) is 0 Å². The van der Waals surface area contributed by atoms with Crippen molar-refractivity contribution in [2.24, 2.45) is 0 Å². The molecule has 0 aliphatic heterocycles. The van der Waals surface area contributed by atoms with Gasteiger partial charge in [0.2, 0.25) is 0 Å². The van der Waals surface area contributed by atoms with Crippen molar-refractivity contribution in [3.8, 4) is 11.5 Å². The minimum absolute atomic E-state index is 0.218. The van der Waals surface area contributed by atoms with Gasteiger partial charge in [-0.15, -0.1) is 0 Å². The number of allylic oxidation sites excluding steroid dienone is 2. The largest absolute Gasteiger partial charge is 0.507 e. The number of fused-ring (bicyclic) bond motifs is 1. The average molecular weight is 228 g/mol. The third-order valence-corrected chi connectivity index (χ3v) is 2.80. The third-order valence-electron chi connectivity index (χ3n) is 2.80. The summed E-state index contributed by atoms with van der Waals surface area (Å²) in [5.41, 5.74) is 1.94. The van der Waals surface area contributed by atoms with Gasteiger partial charge < -0.3 is 10.2 Å². The summed E-state index contributed by atoms with van der Waals surface area (Å²) in [6.45, 7) is 4.02. The highest BCUT2D eigenvalue weighted by Gasteiger charge is 2.09. The second-order valence-corrected chi connectivity index (χ2v) is 4.43. The molecule has 0 aliphatic carbocycles. The van der Waals surface area contributed by atoms with Crippen molar-refractivity contribution in [3.63, 3.8) is 0 Å². The Morgan fingerprint density at radius 3 is 2.41 bits per heavy atom. The first kappa shape index (κ1) is 11.5. The first-order valence-corrected chi connectivity index (χ1v) is 5.65. The van der Waals surface area contributed by atoms with E-state index >= 15 is 0 Å². The van der Waals surface area contributed by atoms with Crippen LogP contribution < -0.4 is 0 Å². The number of hydrogen-bond acceptors (Lipinski definition) is 2. The van der Waals surface area contributed by atoms with Crippen molar-refractivity contribution in [1.29, 1.82) is 0 Å². The van der Waals surface area contributed by atoms with Crippen LogP contribution in [-0.2, 0) is 6.42 Å². The molecule has 2 nitrogen and oxygen atoms in total. The third kappa shape index (κ3) is 2.26. The van der Waals surface area contributed by atoms with E-state index in [2.05, 4.69) is 0 Å². The number of rotatable bonds is 2. The molecule has 0 radical (unpaired) electrons. The smallest absolute Gasteiger partial charge is 0.127 e. The SMILES string of the molecule is CC(C)=CCc1cc(O)c2ccccc2c1O. The van der Waals surface area contributed by atoms with E-state index in [0.717, 1.165) is 5.56 Å². The molecule has 2 aromatic carbocycles. The lowest BCUT2D eigenvalue weighted by molar-refractivity contribution is 0.465. The van der Waals surface area contributed by atoms with Crippen molar-refractivity contribution in [3.05, 3.63) is 47.5 Å². The highest BCUT2D eigenvalue weighted by Crippen LogP contribution is 2.35. The predicted octanol–water partition coefficient (Wildman–Crippen LogP) is 3.76. The predicted molar refractivity (Wildman–Crippen MR) is 70.4 cm³/mol. The van der Waals surface area contributed by atoms with E-state index in [0.29, 0.717) is 17.2 Å². The van der Waals surface area contributed by atoms with Gasteiger partial charge in [-0.1, -0.05) is 35.9 Å². The summed E-state index contributed by atoms with van der Waals surface area (Å²) in [6.07, 6.45) is 2.66. The number of phenolic OH excluding ortho intramolecular Hbond substituents is 2. The highest BCUT2D eigenvalue weighted by molar-refractivity contribution is 5.94. The number of benzene rings is 2. The van der Waals surface area contributed by atoms with E-state index < -0.39 is 0 Å². The molecule has 0 saturated carbocycles. The molecule has 2 rings (SSSR count). The fourth-order valence-corrected chi connectivity index (χ4v) is 1.87. The molecule has 2 N–H and O–H groups in total. The van der Waals surface area contributed by atoms with Gasteiger partial charge in [0.25, 0.3) is 0 Å². The Kier molecular flexibility index (Phi) is 3.05. The van der Waals surface area contributed by atoms with Crippen LogP contribution in [0.2, 0.25) is 0 Å². The quantitative estimate of drug-likeness (QED) is 0.607. The van der Waals surface area contributed by atoms with E-state index in [-0.39, 0.29) is 11.5 Å². The Hall–Kier alpha value is -1.96. The van der Waals surface area contributed by atoms with Crippen LogP contribution in [0.1, 0.15) is 19.4 Å². The van der Waals surface area contributed by atoms with Gasteiger partial charge in [0.15, 0.2) is 0 Å². The van der Waals surface area contributed by atoms with Crippen LogP contribution in [0.3, 0.4) is 0 Å².